The van der Waals surface area contributed by atoms with E-state index in [1.165, 1.54) is 4.90 Å². The van der Waals surface area contributed by atoms with Gasteiger partial charge in [-0.1, -0.05) is 13.8 Å². The third kappa shape index (κ3) is 3.83. The van der Waals surface area contributed by atoms with Gasteiger partial charge in [0.15, 0.2) is 11.9 Å². The minimum Gasteiger partial charge on any atom is -0.480 e. The fraction of sp³-hybridized carbons (Fsp3) is 0.875. The van der Waals surface area contributed by atoms with Crippen molar-refractivity contribution in [1.29, 1.82) is 0 Å². The maximum absolute atomic E-state index is 12.7. The Balaban J connectivity index is 1.25. The topological polar surface area (TPSA) is 121 Å². The molecule has 1 amide bonds. The lowest BCUT2D eigenvalue weighted by molar-refractivity contribution is -0.576. The Labute approximate surface area is 199 Å². The molecule has 190 valence electrons. The number of ether oxygens (including phenoxy) is 3. The predicted molar refractivity (Wildman–Crippen MR) is 115 cm³/mol. The van der Waals surface area contributed by atoms with Crippen LogP contribution in [-0.4, -0.2) is 64.4 Å². The molecule has 34 heavy (non-hydrogen) atoms. The average molecular weight is 482 g/mol. The number of fused-ring (bicyclic) bond motifs is 2. The number of carboxylic acid groups (broad SMARTS) is 1. The molecule has 5 heterocycles. The minimum absolute atomic E-state index is 0.0375. The van der Waals surface area contributed by atoms with Gasteiger partial charge in [-0.2, -0.15) is 0 Å². The van der Waals surface area contributed by atoms with E-state index in [9.17, 15) is 19.5 Å². The van der Waals surface area contributed by atoms with E-state index < -0.39 is 41.9 Å². The van der Waals surface area contributed by atoms with Crippen LogP contribution < -0.4 is 0 Å². The molecule has 0 aromatic carbocycles. The van der Waals surface area contributed by atoms with Crippen molar-refractivity contribution in [2.24, 2.45) is 23.7 Å². The highest BCUT2D eigenvalue weighted by Crippen LogP contribution is 2.60. The summed E-state index contributed by atoms with van der Waals surface area (Å²) in [5.41, 5.74) is -0.729. The molecule has 9 atom stereocenters. The summed E-state index contributed by atoms with van der Waals surface area (Å²) < 4.78 is 18.2. The largest absolute Gasteiger partial charge is 0.480 e. The van der Waals surface area contributed by atoms with Gasteiger partial charge in [-0.25, -0.2) is 14.6 Å². The van der Waals surface area contributed by atoms with Crippen LogP contribution in [-0.2, 0) is 38.4 Å². The lowest BCUT2D eigenvalue weighted by Crippen LogP contribution is -2.70. The molecular formula is C24H35NO9. The summed E-state index contributed by atoms with van der Waals surface area (Å²) in [6, 6.07) is -0.811. The fourth-order valence-electron chi connectivity index (χ4n) is 6.87. The smallest absolute Gasteiger partial charge is 0.326 e. The van der Waals surface area contributed by atoms with Crippen LogP contribution in [0.3, 0.4) is 0 Å². The van der Waals surface area contributed by atoms with Gasteiger partial charge in [0.1, 0.15) is 6.04 Å². The summed E-state index contributed by atoms with van der Waals surface area (Å²) in [7, 11) is 0. The van der Waals surface area contributed by atoms with Gasteiger partial charge in [0, 0.05) is 31.2 Å². The monoisotopic (exact) mass is 481 g/mol. The number of hydrogen-bond donors (Lipinski definition) is 1. The zero-order valence-corrected chi connectivity index (χ0v) is 20.1. The Morgan fingerprint density at radius 1 is 1.06 bits per heavy atom. The van der Waals surface area contributed by atoms with Crippen LogP contribution in [0.4, 0.5) is 0 Å². The third-order valence-electron chi connectivity index (χ3n) is 8.75. The quantitative estimate of drug-likeness (QED) is 0.466. The van der Waals surface area contributed by atoms with Crippen molar-refractivity contribution >= 4 is 17.8 Å². The maximum atomic E-state index is 12.7. The summed E-state index contributed by atoms with van der Waals surface area (Å²) in [4.78, 5) is 49.8. The van der Waals surface area contributed by atoms with Gasteiger partial charge in [-0.15, -0.1) is 0 Å². The maximum Gasteiger partial charge on any atom is 0.326 e. The summed E-state index contributed by atoms with van der Waals surface area (Å²) in [5, 5.41) is 9.29. The van der Waals surface area contributed by atoms with E-state index in [0.717, 1.165) is 19.3 Å². The Kier molecular flexibility index (Phi) is 6.15. The van der Waals surface area contributed by atoms with Crippen molar-refractivity contribution in [1.82, 2.24) is 4.90 Å². The third-order valence-corrected chi connectivity index (χ3v) is 8.75. The zero-order chi connectivity index (χ0) is 24.3. The van der Waals surface area contributed by atoms with Crippen molar-refractivity contribution in [2.45, 2.75) is 102 Å². The molecule has 1 N–H and O–H groups in total. The van der Waals surface area contributed by atoms with Crippen LogP contribution in [0.25, 0.3) is 0 Å². The number of esters is 1. The first-order valence-electron chi connectivity index (χ1n) is 12.6. The molecule has 0 aromatic rings. The molecule has 10 heteroatoms. The standard InChI is InChI=1S/C24H35NO9/c1-13-6-7-16-14(2)21(31-22-24(16)15(13)10-11-23(3,32-22)33-34-24)30-19(27)9-8-18(26)25-12-4-5-17(25)20(28)29/h13-17,21-22H,4-12H2,1-3H3,(H,28,29). The van der Waals surface area contributed by atoms with Gasteiger partial charge in [-0.3, -0.25) is 9.59 Å². The van der Waals surface area contributed by atoms with Gasteiger partial charge in [0.05, 0.1) is 6.42 Å². The molecule has 1 aliphatic carbocycles. The molecule has 6 fully saturated rings. The number of nitrogens with zero attached hydrogens (tertiary/aromatic N) is 1. The minimum atomic E-state index is -1.01. The van der Waals surface area contributed by atoms with E-state index >= 15 is 0 Å². The van der Waals surface area contributed by atoms with E-state index in [2.05, 4.69) is 6.92 Å². The fourth-order valence-corrected chi connectivity index (χ4v) is 6.87. The first-order valence-corrected chi connectivity index (χ1v) is 12.6. The first kappa shape index (κ1) is 24.0. The summed E-state index contributed by atoms with van der Waals surface area (Å²) in [5.74, 6) is -2.25. The first-order chi connectivity index (χ1) is 16.1. The average Bonchev–Trinajstić information content (AvgIpc) is 3.18. The number of amides is 1. The molecule has 10 nitrogen and oxygen atoms in total. The van der Waals surface area contributed by atoms with E-state index in [1.54, 1.807) is 0 Å². The predicted octanol–water partition coefficient (Wildman–Crippen LogP) is 2.59. The van der Waals surface area contributed by atoms with E-state index in [-0.39, 0.29) is 36.5 Å². The number of rotatable bonds is 5. The van der Waals surface area contributed by atoms with Gasteiger partial charge in [0.25, 0.3) is 0 Å². The second kappa shape index (κ2) is 8.72. The highest BCUT2D eigenvalue weighted by molar-refractivity contribution is 5.86. The summed E-state index contributed by atoms with van der Waals surface area (Å²) in [6.45, 7) is 6.47. The Morgan fingerprint density at radius 3 is 2.62 bits per heavy atom. The van der Waals surface area contributed by atoms with Crippen molar-refractivity contribution in [2.75, 3.05) is 6.54 Å². The van der Waals surface area contributed by atoms with Crippen LogP contribution in [0.1, 0.15) is 72.1 Å². The highest BCUT2D eigenvalue weighted by atomic mass is 17.3. The van der Waals surface area contributed by atoms with Crippen molar-refractivity contribution in [3.63, 3.8) is 0 Å². The molecule has 6 rings (SSSR count). The molecule has 1 spiro atoms. The molecule has 9 unspecified atom stereocenters. The van der Waals surface area contributed by atoms with Crippen molar-refractivity contribution < 1.29 is 43.5 Å². The van der Waals surface area contributed by atoms with E-state index in [1.807, 2.05) is 13.8 Å². The van der Waals surface area contributed by atoms with Gasteiger partial charge in [-0.05, 0) is 50.9 Å². The number of carboxylic acids is 1. The Morgan fingerprint density at radius 2 is 1.85 bits per heavy atom. The van der Waals surface area contributed by atoms with Gasteiger partial charge >= 0.3 is 11.9 Å². The number of likely N-dealkylation sites (tertiary alicyclic amines) is 1. The zero-order valence-electron chi connectivity index (χ0n) is 20.1. The molecular weight excluding hydrogens is 446 g/mol. The number of carbonyl (C=O) groups excluding carboxylic acids is 2. The molecule has 5 saturated heterocycles. The number of carbonyl (C=O) groups is 3. The molecule has 6 aliphatic rings. The molecule has 1 saturated carbocycles. The second-order valence-electron chi connectivity index (χ2n) is 10.8. The van der Waals surface area contributed by atoms with Crippen LogP contribution >= 0.6 is 0 Å². The summed E-state index contributed by atoms with van der Waals surface area (Å²) in [6.07, 6.45) is 2.89. The van der Waals surface area contributed by atoms with Gasteiger partial charge < -0.3 is 24.2 Å². The van der Waals surface area contributed by atoms with Crippen LogP contribution in [0, 0.1) is 23.7 Å². The molecule has 5 aliphatic heterocycles. The van der Waals surface area contributed by atoms with Crippen molar-refractivity contribution in [3.8, 4) is 0 Å². The van der Waals surface area contributed by atoms with E-state index in [4.69, 9.17) is 24.0 Å². The molecule has 0 aromatic heterocycles. The molecule has 0 radical (unpaired) electrons. The number of hydrogen-bond acceptors (Lipinski definition) is 8. The Bertz CT molecular complexity index is 850. The highest BCUT2D eigenvalue weighted by Gasteiger charge is 2.69. The SMILES string of the molecule is CC1CCC2C(C)C(OC(=O)CCC(=O)N3CCCC3C(=O)O)OC3OC4(C)CCC1C32OO4. The Hall–Kier alpha value is -1.75. The van der Waals surface area contributed by atoms with Crippen LogP contribution in [0.2, 0.25) is 0 Å². The van der Waals surface area contributed by atoms with Crippen LogP contribution in [0.15, 0.2) is 0 Å². The lowest BCUT2D eigenvalue weighted by atomic mass is 9.58. The summed E-state index contributed by atoms with van der Waals surface area (Å²) >= 11 is 0. The second-order valence-corrected chi connectivity index (χ2v) is 10.8. The number of aliphatic carboxylic acids is 1. The van der Waals surface area contributed by atoms with E-state index in [0.29, 0.717) is 31.7 Å². The molecule has 2 bridgehead atoms. The van der Waals surface area contributed by atoms with Crippen molar-refractivity contribution in [3.05, 3.63) is 0 Å². The van der Waals surface area contributed by atoms with Crippen LogP contribution in [0.5, 0.6) is 0 Å². The normalized spacial score (nSPS) is 45.4. The lowest BCUT2D eigenvalue weighted by Gasteiger charge is -2.59. The van der Waals surface area contributed by atoms with Gasteiger partial charge in [0.2, 0.25) is 18.0 Å².